The number of hydrogen-bond donors (Lipinski definition) is 3. The topological polar surface area (TPSA) is 237 Å². The zero-order chi connectivity index (χ0) is 64.2. The molecule has 0 aromatic carbocycles. The molecule has 3 N–H and O–H groups in total. The van der Waals surface area contributed by atoms with Crippen molar-refractivity contribution in [3.05, 3.63) is 24.3 Å². The van der Waals surface area contributed by atoms with Crippen LogP contribution in [0.5, 0.6) is 0 Å². The van der Waals surface area contributed by atoms with E-state index in [1.54, 1.807) is 0 Å². The van der Waals surface area contributed by atoms with Crippen molar-refractivity contribution in [1.82, 2.24) is 0 Å². The molecule has 0 radical (unpaired) electrons. The van der Waals surface area contributed by atoms with E-state index in [0.29, 0.717) is 25.7 Å². The molecule has 0 heterocycles. The summed E-state index contributed by atoms with van der Waals surface area (Å²) in [6.45, 7) is 7.12. The maximum Gasteiger partial charge on any atom is 0.472 e. The van der Waals surface area contributed by atoms with E-state index in [9.17, 15) is 43.2 Å². The minimum Gasteiger partial charge on any atom is -0.462 e. The summed E-state index contributed by atoms with van der Waals surface area (Å²) in [5.41, 5.74) is 0. The van der Waals surface area contributed by atoms with E-state index in [0.717, 1.165) is 121 Å². The first-order valence-corrected chi connectivity index (χ1v) is 37.9. The lowest BCUT2D eigenvalue weighted by molar-refractivity contribution is -0.161. The number of rotatable bonds is 66. The van der Waals surface area contributed by atoms with Crippen LogP contribution in [-0.2, 0) is 65.4 Å². The van der Waals surface area contributed by atoms with E-state index in [2.05, 4.69) is 58.9 Å². The number of esters is 4. The molecule has 0 bridgehead atoms. The zero-order valence-electron chi connectivity index (χ0n) is 55.6. The monoisotopic (exact) mass is 1280 g/mol. The van der Waals surface area contributed by atoms with E-state index in [1.807, 2.05) is 0 Å². The number of ether oxygens (including phenoxy) is 4. The van der Waals surface area contributed by atoms with Gasteiger partial charge in [-0.1, -0.05) is 271 Å². The summed E-state index contributed by atoms with van der Waals surface area (Å²) in [5.74, 6) is -1.38. The van der Waals surface area contributed by atoms with Gasteiger partial charge < -0.3 is 33.8 Å². The maximum atomic E-state index is 13.0. The van der Waals surface area contributed by atoms with Gasteiger partial charge in [-0.25, -0.2) is 9.13 Å². The molecule has 0 aliphatic rings. The molecule has 512 valence electrons. The fourth-order valence-corrected chi connectivity index (χ4v) is 11.3. The molecule has 0 saturated heterocycles. The van der Waals surface area contributed by atoms with Crippen LogP contribution < -0.4 is 0 Å². The Kier molecular flexibility index (Phi) is 59.3. The fourth-order valence-electron chi connectivity index (χ4n) is 9.75. The summed E-state index contributed by atoms with van der Waals surface area (Å²) in [4.78, 5) is 72.3. The molecule has 0 amide bonds. The van der Waals surface area contributed by atoms with Gasteiger partial charge in [0.05, 0.1) is 26.4 Å². The first kappa shape index (κ1) is 84.5. The summed E-state index contributed by atoms with van der Waals surface area (Å²) >= 11 is 0. The van der Waals surface area contributed by atoms with Crippen LogP contribution in [0.4, 0.5) is 0 Å². The summed E-state index contributed by atoms with van der Waals surface area (Å²) in [7, 11) is -9.90. The zero-order valence-corrected chi connectivity index (χ0v) is 57.4. The molecule has 0 aromatic rings. The Bertz CT molecular complexity index is 1780. The molecule has 2 unspecified atom stereocenters. The number of unbranched alkanes of at least 4 members (excludes halogenated alkanes) is 35. The highest BCUT2D eigenvalue weighted by atomic mass is 31.2. The minimum absolute atomic E-state index is 0.0851. The lowest BCUT2D eigenvalue weighted by Gasteiger charge is -2.21. The van der Waals surface area contributed by atoms with Gasteiger partial charge in [-0.05, 0) is 57.3 Å². The molecule has 0 saturated carbocycles. The van der Waals surface area contributed by atoms with E-state index in [4.69, 9.17) is 37.0 Å². The quantitative estimate of drug-likeness (QED) is 0.0169. The first-order chi connectivity index (χ1) is 42.0. The molecule has 0 spiro atoms. The summed E-state index contributed by atoms with van der Waals surface area (Å²) in [5, 5.41) is 10.5. The van der Waals surface area contributed by atoms with E-state index < -0.39 is 97.5 Å². The van der Waals surface area contributed by atoms with Gasteiger partial charge in [0.25, 0.3) is 0 Å². The number of phosphoric acid groups is 2. The predicted molar refractivity (Wildman–Crippen MR) is 349 cm³/mol. The number of phosphoric ester groups is 2. The van der Waals surface area contributed by atoms with E-state index in [1.165, 1.54) is 122 Å². The van der Waals surface area contributed by atoms with Gasteiger partial charge >= 0.3 is 39.5 Å². The largest absolute Gasteiger partial charge is 0.472 e. The SMILES string of the molecule is CCCCCC/C=C\C=C/CCCCCCCC(=O)O[C@H](COC(=O)CCCCCCCCCCCCCCC(C)C)COP(=O)(O)OC[C@@H](O)COP(=O)(O)OC[C@@H](COC(=O)CCCCCCCCC)OC(=O)CCCCCCCCCCCC. The van der Waals surface area contributed by atoms with E-state index in [-0.39, 0.29) is 25.7 Å². The Morgan fingerprint density at radius 3 is 0.943 bits per heavy atom. The Balaban J connectivity index is 5.24. The fraction of sp³-hybridized carbons (Fsp3) is 0.882. The molecule has 5 atom stereocenters. The molecule has 0 aliphatic carbocycles. The van der Waals surface area contributed by atoms with Crippen LogP contribution in [0.25, 0.3) is 0 Å². The van der Waals surface area contributed by atoms with E-state index >= 15 is 0 Å². The molecule has 0 fully saturated rings. The molecule has 0 rings (SSSR count). The molecule has 87 heavy (non-hydrogen) atoms. The van der Waals surface area contributed by atoms with Crippen LogP contribution >= 0.6 is 15.6 Å². The lowest BCUT2D eigenvalue weighted by Crippen LogP contribution is -2.30. The predicted octanol–water partition coefficient (Wildman–Crippen LogP) is 18.9. The molecule has 19 heteroatoms. The van der Waals surface area contributed by atoms with Gasteiger partial charge in [0.15, 0.2) is 12.2 Å². The molecule has 0 aliphatic heterocycles. The van der Waals surface area contributed by atoms with Crippen LogP contribution in [0.3, 0.4) is 0 Å². The molecular weight excluding hydrogens is 1150 g/mol. The Morgan fingerprint density at radius 2 is 0.621 bits per heavy atom. The normalized spacial score (nSPS) is 14.3. The molecule has 0 aromatic heterocycles. The number of allylic oxidation sites excluding steroid dienone is 4. The third-order valence-corrected chi connectivity index (χ3v) is 17.1. The number of carbonyl (C=O) groups is 4. The average Bonchev–Trinajstić information content (AvgIpc) is 3.56. The van der Waals surface area contributed by atoms with Gasteiger partial charge in [0.2, 0.25) is 0 Å². The van der Waals surface area contributed by atoms with Crippen molar-refractivity contribution in [2.75, 3.05) is 39.6 Å². The van der Waals surface area contributed by atoms with Crippen molar-refractivity contribution in [3.8, 4) is 0 Å². The highest BCUT2D eigenvalue weighted by Gasteiger charge is 2.30. The van der Waals surface area contributed by atoms with Crippen molar-refractivity contribution >= 4 is 39.5 Å². The van der Waals surface area contributed by atoms with Gasteiger partial charge in [-0.3, -0.25) is 37.3 Å². The second-order valence-corrected chi connectivity index (χ2v) is 27.3. The third kappa shape index (κ3) is 62.1. The number of aliphatic hydroxyl groups excluding tert-OH is 1. The Morgan fingerprint density at radius 1 is 0.356 bits per heavy atom. The summed E-state index contributed by atoms with van der Waals surface area (Å²) in [6.07, 6.45) is 49.5. The number of aliphatic hydroxyl groups is 1. The number of carbonyl (C=O) groups excluding carboxylic acids is 4. The molecular formula is C68H128O17P2. The first-order valence-electron chi connectivity index (χ1n) is 35.0. The second-order valence-electron chi connectivity index (χ2n) is 24.4. The third-order valence-electron chi connectivity index (χ3n) is 15.2. The van der Waals surface area contributed by atoms with Crippen molar-refractivity contribution in [2.45, 2.75) is 342 Å². The van der Waals surface area contributed by atoms with Crippen LogP contribution in [0.15, 0.2) is 24.3 Å². The summed E-state index contributed by atoms with van der Waals surface area (Å²) in [6, 6.07) is 0. The lowest BCUT2D eigenvalue weighted by atomic mass is 10.0. The van der Waals surface area contributed by atoms with Gasteiger partial charge in [0.1, 0.15) is 19.3 Å². The smallest absolute Gasteiger partial charge is 0.462 e. The highest BCUT2D eigenvalue weighted by Crippen LogP contribution is 2.45. The van der Waals surface area contributed by atoms with Gasteiger partial charge in [-0.2, -0.15) is 0 Å². The minimum atomic E-state index is -4.96. The Labute approximate surface area is 529 Å². The van der Waals surface area contributed by atoms with Crippen molar-refractivity contribution in [1.29, 1.82) is 0 Å². The highest BCUT2D eigenvalue weighted by molar-refractivity contribution is 7.47. The Hall–Kier alpha value is -2.46. The van der Waals surface area contributed by atoms with Gasteiger partial charge in [-0.15, -0.1) is 0 Å². The van der Waals surface area contributed by atoms with Crippen LogP contribution in [0.1, 0.15) is 324 Å². The van der Waals surface area contributed by atoms with Crippen molar-refractivity contribution in [3.63, 3.8) is 0 Å². The van der Waals surface area contributed by atoms with Crippen LogP contribution in [0, 0.1) is 5.92 Å². The number of hydrogen-bond acceptors (Lipinski definition) is 15. The van der Waals surface area contributed by atoms with Crippen LogP contribution in [0.2, 0.25) is 0 Å². The second kappa shape index (κ2) is 61.1. The van der Waals surface area contributed by atoms with Gasteiger partial charge in [0, 0.05) is 25.7 Å². The van der Waals surface area contributed by atoms with Crippen LogP contribution in [-0.4, -0.2) is 96.7 Å². The van der Waals surface area contributed by atoms with Crippen molar-refractivity contribution in [2.24, 2.45) is 5.92 Å². The standard InChI is InChI=1S/C68H128O17P2/c1-6-9-12-15-18-20-22-23-24-25-30-34-39-44-49-54-68(73)85-64(58-79-66(71)52-47-42-37-33-29-27-26-28-31-36-40-45-50-61(4)5)60-83-87(76,77)81-56-62(69)55-80-86(74,75)82-59-63(57-78-65(70)51-46-41-35-17-14-11-8-3)84-67(72)53-48-43-38-32-21-19-16-13-10-7-2/h20,22-24,61-64,69H,6-19,21,25-60H2,1-5H3,(H,74,75)(H,76,77)/b22-20-,24-23-/t62-,63+,64+/m0/s1. The summed E-state index contributed by atoms with van der Waals surface area (Å²) < 4.78 is 68.0. The molecule has 17 nitrogen and oxygen atoms in total. The average molecular weight is 1280 g/mol. The van der Waals surface area contributed by atoms with Crippen molar-refractivity contribution < 1.29 is 80.2 Å². The maximum absolute atomic E-state index is 13.0.